The standard InChI is InChI=1S/C23H23N3O4/c1-15-7-19(10-20(8-15)26-6-5-24-23(26)28)21-12-25-22(30-21)11-18-9-17(13-29-14-27)4-3-16(18)2/h3-10,12,27H,11,13-14H2,1-2H3,(H,24,28). The Morgan fingerprint density at radius 3 is 2.83 bits per heavy atom. The number of aromatic nitrogens is 3. The molecule has 0 saturated heterocycles. The van der Waals surface area contributed by atoms with E-state index in [9.17, 15) is 4.79 Å². The predicted molar refractivity (Wildman–Crippen MR) is 112 cm³/mol. The van der Waals surface area contributed by atoms with Gasteiger partial charge in [-0.3, -0.25) is 4.57 Å². The fourth-order valence-corrected chi connectivity index (χ4v) is 3.42. The Labute approximate surface area is 173 Å². The first kappa shape index (κ1) is 19.9. The molecule has 4 aromatic rings. The van der Waals surface area contributed by atoms with Gasteiger partial charge in [-0.2, -0.15) is 0 Å². The van der Waals surface area contributed by atoms with Gasteiger partial charge in [-0.05, 0) is 54.3 Å². The van der Waals surface area contributed by atoms with E-state index in [1.165, 1.54) is 0 Å². The number of aliphatic hydroxyl groups is 1. The molecular weight excluding hydrogens is 382 g/mol. The second-order valence-electron chi connectivity index (χ2n) is 7.23. The van der Waals surface area contributed by atoms with Crippen molar-refractivity contribution >= 4 is 0 Å². The minimum Gasteiger partial charge on any atom is -0.440 e. The Kier molecular flexibility index (Phi) is 5.65. The average molecular weight is 405 g/mol. The third-order valence-corrected chi connectivity index (χ3v) is 4.94. The summed E-state index contributed by atoms with van der Waals surface area (Å²) in [6.45, 7) is 4.06. The van der Waals surface area contributed by atoms with Crippen molar-refractivity contribution in [2.75, 3.05) is 6.79 Å². The highest BCUT2D eigenvalue weighted by Gasteiger charge is 2.12. The summed E-state index contributed by atoms with van der Waals surface area (Å²) >= 11 is 0. The van der Waals surface area contributed by atoms with E-state index in [1.54, 1.807) is 23.2 Å². The predicted octanol–water partition coefficient (Wildman–Crippen LogP) is 3.49. The van der Waals surface area contributed by atoms with Crippen LogP contribution in [0, 0.1) is 13.8 Å². The summed E-state index contributed by atoms with van der Waals surface area (Å²) in [6, 6.07) is 11.9. The van der Waals surface area contributed by atoms with E-state index in [4.69, 9.17) is 14.3 Å². The largest absolute Gasteiger partial charge is 0.440 e. The number of aromatic amines is 1. The molecule has 2 aromatic carbocycles. The molecule has 7 heteroatoms. The van der Waals surface area contributed by atoms with Crippen LogP contribution in [0.5, 0.6) is 0 Å². The van der Waals surface area contributed by atoms with Crippen LogP contribution in [0.2, 0.25) is 0 Å². The van der Waals surface area contributed by atoms with Crippen molar-refractivity contribution in [2.24, 2.45) is 0 Å². The van der Waals surface area contributed by atoms with Gasteiger partial charge in [-0.1, -0.05) is 18.2 Å². The summed E-state index contributed by atoms with van der Waals surface area (Å²) in [6.07, 6.45) is 5.57. The molecule has 154 valence electrons. The molecule has 0 saturated carbocycles. The highest BCUT2D eigenvalue weighted by atomic mass is 16.6. The van der Waals surface area contributed by atoms with Crippen LogP contribution in [-0.4, -0.2) is 26.4 Å². The molecule has 0 bridgehead atoms. The Balaban J connectivity index is 1.60. The topological polar surface area (TPSA) is 93.3 Å². The van der Waals surface area contributed by atoms with Crippen molar-refractivity contribution in [3.05, 3.63) is 93.6 Å². The van der Waals surface area contributed by atoms with Gasteiger partial charge in [0.1, 0.15) is 6.79 Å². The van der Waals surface area contributed by atoms with Crippen LogP contribution in [0.1, 0.15) is 28.1 Å². The number of imidazole rings is 1. The van der Waals surface area contributed by atoms with Crippen LogP contribution in [0.25, 0.3) is 17.0 Å². The molecule has 4 rings (SSSR count). The van der Waals surface area contributed by atoms with Gasteiger partial charge in [0.15, 0.2) is 11.7 Å². The van der Waals surface area contributed by atoms with Crippen LogP contribution in [0.15, 0.2) is 64.2 Å². The second kappa shape index (κ2) is 8.52. The maximum Gasteiger partial charge on any atom is 0.330 e. The van der Waals surface area contributed by atoms with E-state index in [2.05, 4.69) is 9.97 Å². The molecule has 2 N–H and O–H groups in total. The molecule has 0 fully saturated rings. The number of nitrogens with zero attached hydrogens (tertiary/aromatic N) is 2. The minimum absolute atomic E-state index is 0.189. The number of hydrogen-bond acceptors (Lipinski definition) is 5. The van der Waals surface area contributed by atoms with Crippen LogP contribution in [0.4, 0.5) is 0 Å². The summed E-state index contributed by atoms with van der Waals surface area (Å²) in [7, 11) is 0. The van der Waals surface area contributed by atoms with Crippen molar-refractivity contribution in [2.45, 2.75) is 26.9 Å². The summed E-state index contributed by atoms with van der Waals surface area (Å²) in [5.41, 5.74) is 5.65. The minimum atomic E-state index is -0.306. The molecule has 0 aliphatic carbocycles. The molecule has 0 aliphatic rings. The number of nitrogens with one attached hydrogen (secondary N) is 1. The molecule has 2 heterocycles. The summed E-state index contributed by atoms with van der Waals surface area (Å²) in [5, 5.41) is 8.84. The molecule has 0 unspecified atom stereocenters. The summed E-state index contributed by atoms with van der Waals surface area (Å²) in [4.78, 5) is 19.1. The summed E-state index contributed by atoms with van der Waals surface area (Å²) < 4.78 is 12.7. The van der Waals surface area contributed by atoms with Crippen LogP contribution >= 0.6 is 0 Å². The van der Waals surface area contributed by atoms with E-state index < -0.39 is 0 Å². The molecule has 0 radical (unpaired) electrons. The molecule has 0 aliphatic heterocycles. The lowest BCUT2D eigenvalue weighted by atomic mass is 10.0. The fraction of sp³-hybridized carbons (Fsp3) is 0.217. The zero-order valence-corrected chi connectivity index (χ0v) is 16.9. The molecule has 0 spiro atoms. The first-order valence-corrected chi connectivity index (χ1v) is 9.63. The third-order valence-electron chi connectivity index (χ3n) is 4.94. The van der Waals surface area contributed by atoms with Crippen molar-refractivity contribution in [3.8, 4) is 17.0 Å². The molecule has 7 nitrogen and oxygen atoms in total. The maximum absolute atomic E-state index is 12.0. The molecule has 2 aromatic heterocycles. The van der Waals surface area contributed by atoms with Crippen LogP contribution in [-0.2, 0) is 17.8 Å². The molecule has 0 atom stereocenters. The molecule has 0 amide bonds. The Bertz CT molecular complexity index is 1220. The number of oxazole rings is 1. The Morgan fingerprint density at radius 2 is 2.07 bits per heavy atom. The van der Waals surface area contributed by atoms with Crippen molar-refractivity contribution in [1.29, 1.82) is 0 Å². The quantitative estimate of drug-likeness (QED) is 0.459. The second-order valence-corrected chi connectivity index (χ2v) is 7.23. The average Bonchev–Trinajstić information content (AvgIpc) is 3.37. The lowest BCUT2D eigenvalue weighted by Gasteiger charge is -2.08. The van der Waals surface area contributed by atoms with Gasteiger partial charge < -0.3 is 19.2 Å². The highest BCUT2D eigenvalue weighted by molar-refractivity contribution is 5.62. The van der Waals surface area contributed by atoms with Crippen LogP contribution in [0.3, 0.4) is 0 Å². The number of aryl methyl sites for hydroxylation is 2. The normalized spacial score (nSPS) is 11.2. The van der Waals surface area contributed by atoms with E-state index >= 15 is 0 Å². The van der Waals surface area contributed by atoms with Gasteiger partial charge in [-0.15, -0.1) is 0 Å². The number of ether oxygens (including phenoxy) is 1. The summed E-state index contributed by atoms with van der Waals surface area (Å²) in [5.74, 6) is 1.26. The number of rotatable bonds is 7. The van der Waals surface area contributed by atoms with Gasteiger partial charge in [0.2, 0.25) is 0 Å². The lowest BCUT2D eigenvalue weighted by Crippen LogP contribution is -2.14. The SMILES string of the molecule is Cc1cc(-c2cnc(Cc3cc(COCO)ccc3C)o2)cc(-n2cc[nH]c2=O)c1. The number of benzene rings is 2. The zero-order valence-electron chi connectivity index (χ0n) is 16.9. The van der Waals surface area contributed by atoms with E-state index in [-0.39, 0.29) is 12.5 Å². The van der Waals surface area contributed by atoms with Gasteiger partial charge in [-0.25, -0.2) is 9.78 Å². The monoisotopic (exact) mass is 405 g/mol. The number of aliphatic hydroxyl groups excluding tert-OH is 1. The molecular formula is C23H23N3O4. The number of H-pyrrole nitrogens is 1. The van der Waals surface area contributed by atoms with Gasteiger partial charge >= 0.3 is 5.69 Å². The van der Waals surface area contributed by atoms with Gasteiger partial charge in [0, 0.05) is 24.4 Å². The van der Waals surface area contributed by atoms with Crippen LogP contribution < -0.4 is 5.69 Å². The van der Waals surface area contributed by atoms with Crippen molar-refractivity contribution in [1.82, 2.24) is 14.5 Å². The number of hydrogen-bond donors (Lipinski definition) is 2. The fourth-order valence-electron chi connectivity index (χ4n) is 3.42. The van der Waals surface area contributed by atoms with Gasteiger partial charge in [0.05, 0.1) is 18.5 Å². The van der Waals surface area contributed by atoms with Crippen molar-refractivity contribution in [3.63, 3.8) is 0 Å². The van der Waals surface area contributed by atoms with E-state index in [1.807, 2.05) is 50.2 Å². The first-order chi connectivity index (χ1) is 14.5. The highest BCUT2D eigenvalue weighted by Crippen LogP contribution is 2.26. The maximum atomic E-state index is 12.0. The van der Waals surface area contributed by atoms with Gasteiger partial charge in [0.25, 0.3) is 0 Å². The first-order valence-electron chi connectivity index (χ1n) is 9.63. The molecule has 30 heavy (non-hydrogen) atoms. The van der Waals surface area contributed by atoms with E-state index in [0.717, 1.165) is 33.5 Å². The lowest BCUT2D eigenvalue weighted by molar-refractivity contribution is -0.0112. The van der Waals surface area contributed by atoms with E-state index in [0.29, 0.717) is 24.7 Å². The van der Waals surface area contributed by atoms with Crippen molar-refractivity contribution < 1.29 is 14.3 Å². The smallest absolute Gasteiger partial charge is 0.330 e. The Morgan fingerprint density at radius 1 is 1.20 bits per heavy atom. The zero-order chi connectivity index (χ0) is 21.1. The Hall–Kier alpha value is -3.42. The third kappa shape index (κ3) is 4.27.